The van der Waals surface area contributed by atoms with Gasteiger partial charge in [-0.1, -0.05) is 0 Å². The highest BCUT2D eigenvalue weighted by Gasteiger charge is 2.43. The fourth-order valence-electron chi connectivity index (χ4n) is 3.13. The maximum absolute atomic E-state index is 6.24. The van der Waals surface area contributed by atoms with E-state index in [1.807, 2.05) is 12.1 Å². The second kappa shape index (κ2) is 6.35. The Bertz CT molecular complexity index is 516. The highest BCUT2D eigenvalue weighted by atomic mass is 79.9. The zero-order chi connectivity index (χ0) is 14.9. The van der Waals surface area contributed by atoms with Gasteiger partial charge in [0.2, 0.25) is 0 Å². The van der Waals surface area contributed by atoms with E-state index in [4.69, 9.17) is 25.8 Å². The predicted octanol–water partition coefficient (Wildman–Crippen LogP) is 4.68. The third-order valence-corrected chi connectivity index (χ3v) is 5.34. The van der Waals surface area contributed by atoms with E-state index >= 15 is 0 Å². The van der Waals surface area contributed by atoms with Crippen LogP contribution in [0.5, 0.6) is 11.5 Å². The van der Waals surface area contributed by atoms with Crippen LogP contribution in [0.15, 0.2) is 16.6 Å². The van der Waals surface area contributed by atoms with Crippen molar-refractivity contribution in [2.75, 3.05) is 13.7 Å². The van der Waals surface area contributed by atoms with Gasteiger partial charge in [-0.3, -0.25) is 0 Å². The molecule has 3 nitrogen and oxygen atoms in total. The molecule has 1 aromatic carbocycles. The minimum atomic E-state index is 0.0821. The highest BCUT2D eigenvalue weighted by molar-refractivity contribution is 9.10. The van der Waals surface area contributed by atoms with Crippen molar-refractivity contribution in [3.63, 3.8) is 0 Å². The Morgan fingerprint density at radius 3 is 2.86 bits per heavy atom. The van der Waals surface area contributed by atoms with Gasteiger partial charge in [0.15, 0.2) is 11.5 Å². The summed E-state index contributed by atoms with van der Waals surface area (Å²) in [5.74, 6) is 1.96. The van der Waals surface area contributed by atoms with Gasteiger partial charge >= 0.3 is 0 Å². The maximum atomic E-state index is 6.24. The lowest BCUT2D eigenvalue weighted by molar-refractivity contribution is -0.153. The molecule has 2 fully saturated rings. The molecule has 2 aliphatic rings. The summed E-state index contributed by atoms with van der Waals surface area (Å²) in [5.41, 5.74) is 1.09. The Morgan fingerprint density at radius 2 is 2.24 bits per heavy atom. The minimum absolute atomic E-state index is 0.0821. The third-order valence-electron chi connectivity index (χ3n) is 4.44. The van der Waals surface area contributed by atoms with E-state index in [9.17, 15) is 0 Å². The molecule has 0 aromatic heterocycles. The Hall–Kier alpha value is -0.450. The summed E-state index contributed by atoms with van der Waals surface area (Å²) in [4.78, 5) is 0. The molecule has 1 unspecified atom stereocenters. The first-order valence-corrected chi connectivity index (χ1v) is 8.71. The molecule has 1 saturated carbocycles. The van der Waals surface area contributed by atoms with Gasteiger partial charge in [-0.25, -0.2) is 0 Å². The summed E-state index contributed by atoms with van der Waals surface area (Å²) >= 11 is 9.47. The summed E-state index contributed by atoms with van der Waals surface area (Å²) in [6.07, 6.45) is 5.68. The van der Waals surface area contributed by atoms with Gasteiger partial charge in [0, 0.05) is 18.7 Å². The Morgan fingerprint density at radius 1 is 1.43 bits per heavy atom. The van der Waals surface area contributed by atoms with Crippen molar-refractivity contribution >= 4 is 27.5 Å². The van der Waals surface area contributed by atoms with Crippen LogP contribution in [0.1, 0.15) is 37.7 Å². The lowest BCUT2D eigenvalue weighted by atomic mass is 9.74. The number of methoxy groups -OCH3 is 1. The molecule has 1 aliphatic heterocycles. The Labute approximate surface area is 139 Å². The van der Waals surface area contributed by atoms with Crippen LogP contribution in [-0.2, 0) is 10.6 Å². The summed E-state index contributed by atoms with van der Waals surface area (Å²) in [5, 5.41) is 0. The van der Waals surface area contributed by atoms with Crippen molar-refractivity contribution in [1.82, 2.24) is 0 Å². The van der Waals surface area contributed by atoms with Gasteiger partial charge in [-0.15, -0.1) is 11.6 Å². The topological polar surface area (TPSA) is 27.7 Å². The molecule has 1 aromatic rings. The summed E-state index contributed by atoms with van der Waals surface area (Å²) < 4.78 is 18.5. The molecule has 1 spiro atoms. The molecule has 0 amide bonds. The second-order valence-electron chi connectivity index (χ2n) is 5.86. The fraction of sp³-hybridized carbons (Fsp3) is 0.625. The van der Waals surface area contributed by atoms with E-state index in [1.54, 1.807) is 7.11 Å². The van der Waals surface area contributed by atoms with Crippen LogP contribution in [0.3, 0.4) is 0 Å². The zero-order valence-electron chi connectivity index (χ0n) is 12.2. The van der Waals surface area contributed by atoms with Gasteiger partial charge in [0.25, 0.3) is 0 Å². The van der Waals surface area contributed by atoms with E-state index in [0.29, 0.717) is 5.88 Å². The monoisotopic (exact) mass is 374 g/mol. The third kappa shape index (κ3) is 3.17. The number of benzene rings is 1. The summed E-state index contributed by atoms with van der Waals surface area (Å²) in [6.45, 7) is 0.782. The van der Waals surface area contributed by atoms with E-state index in [-0.39, 0.29) is 11.7 Å². The molecule has 1 heterocycles. The molecular formula is C16H20BrClO3. The Balaban J connectivity index is 1.77. The van der Waals surface area contributed by atoms with Gasteiger partial charge < -0.3 is 14.2 Å². The summed E-state index contributed by atoms with van der Waals surface area (Å²) in [7, 11) is 1.66. The molecule has 1 atom stereocenters. The van der Waals surface area contributed by atoms with E-state index in [2.05, 4.69) is 15.9 Å². The molecule has 0 N–H and O–H groups in total. The first-order chi connectivity index (χ1) is 10.2. The van der Waals surface area contributed by atoms with Gasteiger partial charge in [0.1, 0.15) is 6.10 Å². The SMILES string of the molecule is COc1cc(CCl)cc(Br)c1OC1CCOC2(CCC2)C1. The van der Waals surface area contributed by atoms with Gasteiger partial charge in [0.05, 0.1) is 23.8 Å². The van der Waals surface area contributed by atoms with Crippen molar-refractivity contribution in [3.8, 4) is 11.5 Å². The van der Waals surface area contributed by atoms with Crippen molar-refractivity contribution < 1.29 is 14.2 Å². The van der Waals surface area contributed by atoms with Crippen LogP contribution >= 0.6 is 27.5 Å². The van der Waals surface area contributed by atoms with E-state index in [1.165, 1.54) is 6.42 Å². The number of ether oxygens (including phenoxy) is 3. The first kappa shape index (κ1) is 15.4. The normalized spacial score (nSPS) is 23.7. The number of rotatable bonds is 4. The van der Waals surface area contributed by atoms with Gasteiger partial charge in [-0.2, -0.15) is 0 Å². The van der Waals surface area contributed by atoms with Gasteiger partial charge in [-0.05, 0) is 52.9 Å². The van der Waals surface area contributed by atoms with Crippen LogP contribution < -0.4 is 9.47 Å². The molecule has 0 bridgehead atoms. The summed E-state index contributed by atoms with van der Waals surface area (Å²) in [6, 6.07) is 3.93. The first-order valence-electron chi connectivity index (χ1n) is 7.39. The smallest absolute Gasteiger partial charge is 0.175 e. The number of halogens is 2. The number of hydrogen-bond acceptors (Lipinski definition) is 3. The van der Waals surface area contributed by atoms with Crippen molar-refractivity contribution in [3.05, 3.63) is 22.2 Å². The van der Waals surface area contributed by atoms with Crippen LogP contribution in [-0.4, -0.2) is 25.4 Å². The molecule has 0 radical (unpaired) electrons. The molecule has 21 heavy (non-hydrogen) atoms. The number of alkyl halides is 1. The van der Waals surface area contributed by atoms with Crippen molar-refractivity contribution in [1.29, 1.82) is 0 Å². The second-order valence-corrected chi connectivity index (χ2v) is 6.98. The predicted molar refractivity (Wildman–Crippen MR) is 86.4 cm³/mol. The maximum Gasteiger partial charge on any atom is 0.175 e. The standard InChI is InChI=1S/C16H20BrClO3/c1-19-14-8-11(10-18)7-13(17)15(14)21-12-3-6-20-16(9-12)4-2-5-16/h7-8,12H,2-6,9-10H2,1H3. The largest absolute Gasteiger partial charge is 0.493 e. The molecule has 1 saturated heterocycles. The minimum Gasteiger partial charge on any atom is -0.493 e. The highest BCUT2D eigenvalue weighted by Crippen LogP contribution is 2.45. The lowest BCUT2D eigenvalue weighted by Crippen LogP contribution is -2.48. The molecule has 5 heteroatoms. The molecule has 116 valence electrons. The molecule has 3 rings (SSSR count). The van der Waals surface area contributed by atoms with Crippen LogP contribution in [0.2, 0.25) is 0 Å². The van der Waals surface area contributed by atoms with Crippen LogP contribution in [0, 0.1) is 0 Å². The van der Waals surface area contributed by atoms with Crippen LogP contribution in [0.4, 0.5) is 0 Å². The molecular weight excluding hydrogens is 356 g/mol. The van der Waals surface area contributed by atoms with Crippen LogP contribution in [0.25, 0.3) is 0 Å². The van der Waals surface area contributed by atoms with Crippen molar-refractivity contribution in [2.45, 2.75) is 49.7 Å². The average Bonchev–Trinajstić information content (AvgIpc) is 2.47. The Kier molecular flexibility index (Phi) is 4.67. The lowest BCUT2D eigenvalue weighted by Gasteiger charge is -2.47. The van der Waals surface area contributed by atoms with E-state index < -0.39 is 0 Å². The molecule has 1 aliphatic carbocycles. The average molecular weight is 376 g/mol. The quantitative estimate of drug-likeness (QED) is 0.715. The van der Waals surface area contributed by atoms with Crippen molar-refractivity contribution in [2.24, 2.45) is 0 Å². The zero-order valence-corrected chi connectivity index (χ0v) is 14.5. The fourth-order valence-corrected chi connectivity index (χ4v) is 3.87. The number of hydrogen-bond donors (Lipinski definition) is 0. The van der Waals surface area contributed by atoms with E-state index in [0.717, 1.165) is 53.8 Å².